The lowest BCUT2D eigenvalue weighted by molar-refractivity contribution is -0.113. The molecule has 2 aromatic rings. The molecule has 0 spiro atoms. The van der Waals surface area contributed by atoms with Crippen LogP contribution >= 0.6 is 23.5 Å². The number of aromatic nitrogens is 4. The first-order chi connectivity index (χ1) is 12.0. The molecule has 1 heterocycles. The van der Waals surface area contributed by atoms with Gasteiger partial charge in [-0.15, -0.1) is 16.9 Å². The molecule has 1 aromatic heterocycles. The fourth-order valence-corrected chi connectivity index (χ4v) is 3.78. The molecular formula is C16H20N6OS2. The number of rotatable bonds is 8. The van der Waals surface area contributed by atoms with Gasteiger partial charge in [0.25, 0.3) is 0 Å². The zero-order chi connectivity index (χ0) is 18.2. The van der Waals surface area contributed by atoms with Crippen molar-refractivity contribution in [3.8, 4) is 6.07 Å². The number of carbonyl (C=O) groups excluding carboxylic acids is 1. The summed E-state index contributed by atoms with van der Waals surface area (Å²) in [5, 5.41) is 24.0. The van der Waals surface area contributed by atoms with Crippen LogP contribution in [0.15, 0.2) is 34.3 Å². The quantitative estimate of drug-likeness (QED) is 0.705. The monoisotopic (exact) mass is 376 g/mol. The third-order valence-electron chi connectivity index (χ3n) is 3.15. The third-order valence-corrected chi connectivity index (χ3v) is 5.26. The normalized spacial score (nSPS) is 12.0. The predicted octanol–water partition coefficient (Wildman–Crippen LogP) is 3.38. The Morgan fingerprint density at radius 2 is 2.12 bits per heavy atom. The zero-order valence-electron chi connectivity index (χ0n) is 14.3. The summed E-state index contributed by atoms with van der Waals surface area (Å²) in [6.45, 7) is 5.96. The van der Waals surface area contributed by atoms with E-state index in [0.717, 1.165) is 10.6 Å². The molecule has 25 heavy (non-hydrogen) atoms. The smallest absolute Gasteiger partial charge is 0.234 e. The Hall–Kier alpha value is -2.05. The van der Waals surface area contributed by atoms with E-state index in [2.05, 4.69) is 26.9 Å². The Balaban J connectivity index is 1.96. The summed E-state index contributed by atoms with van der Waals surface area (Å²) in [5.41, 5.74) is 0.756. The van der Waals surface area contributed by atoms with Crippen molar-refractivity contribution in [2.45, 2.75) is 48.5 Å². The van der Waals surface area contributed by atoms with E-state index in [1.54, 1.807) is 16.4 Å². The van der Waals surface area contributed by atoms with E-state index in [9.17, 15) is 4.79 Å². The molecule has 1 amide bonds. The van der Waals surface area contributed by atoms with Crippen LogP contribution in [-0.2, 0) is 4.79 Å². The van der Waals surface area contributed by atoms with Gasteiger partial charge < -0.3 is 5.32 Å². The van der Waals surface area contributed by atoms with Gasteiger partial charge in [0, 0.05) is 16.6 Å². The summed E-state index contributed by atoms with van der Waals surface area (Å²) in [4.78, 5) is 13.2. The van der Waals surface area contributed by atoms with Crippen LogP contribution in [-0.4, -0.2) is 37.1 Å². The Kier molecular flexibility index (Phi) is 7.28. The summed E-state index contributed by atoms with van der Waals surface area (Å²) in [6.07, 6.45) is 0.459. The molecule has 0 aliphatic carbocycles. The number of thioether (sulfide) groups is 2. The Morgan fingerprint density at radius 3 is 2.84 bits per heavy atom. The first kappa shape index (κ1) is 19.3. The first-order valence-electron chi connectivity index (χ1n) is 7.84. The fourth-order valence-electron chi connectivity index (χ4n) is 1.98. The molecule has 7 nitrogen and oxygen atoms in total. The van der Waals surface area contributed by atoms with Gasteiger partial charge in [0.15, 0.2) is 0 Å². The molecule has 1 unspecified atom stereocenters. The number of hydrogen-bond acceptors (Lipinski definition) is 7. The average Bonchev–Trinajstić information content (AvgIpc) is 3.04. The number of benzene rings is 1. The standard InChI is InChI=1S/C16H20N6OS2/c1-11(2)22-16(19-20-21-22)24-10-15(23)18-13-6-4-5-7-14(13)25-12(3)8-9-17/h4-7,11-12H,8,10H2,1-3H3,(H,18,23). The second-order valence-electron chi connectivity index (χ2n) is 5.62. The number of tetrazole rings is 1. The van der Waals surface area contributed by atoms with Crippen LogP contribution in [0.2, 0.25) is 0 Å². The molecule has 1 N–H and O–H groups in total. The van der Waals surface area contributed by atoms with Crippen LogP contribution in [0, 0.1) is 11.3 Å². The summed E-state index contributed by atoms with van der Waals surface area (Å²) in [6, 6.07) is 9.91. The van der Waals surface area contributed by atoms with Gasteiger partial charge in [-0.2, -0.15) is 5.26 Å². The van der Waals surface area contributed by atoms with Gasteiger partial charge in [0.1, 0.15) is 0 Å². The molecule has 0 saturated carbocycles. The maximum Gasteiger partial charge on any atom is 0.234 e. The fraction of sp³-hybridized carbons (Fsp3) is 0.438. The minimum absolute atomic E-state index is 0.121. The summed E-state index contributed by atoms with van der Waals surface area (Å²) >= 11 is 2.88. The molecule has 0 bridgehead atoms. The first-order valence-corrected chi connectivity index (χ1v) is 9.71. The van der Waals surface area contributed by atoms with E-state index >= 15 is 0 Å². The molecule has 1 atom stereocenters. The largest absolute Gasteiger partial charge is 0.324 e. The van der Waals surface area contributed by atoms with Crippen molar-refractivity contribution in [3.05, 3.63) is 24.3 Å². The molecule has 9 heteroatoms. The Morgan fingerprint density at radius 1 is 1.36 bits per heavy atom. The summed E-state index contributed by atoms with van der Waals surface area (Å²) in [5.74, 6) is 0.101. The number of nitrogens with zero attached hydrogens (tertiary/aromatic N) is 5. The van der Waals surface area contributed by atoms with Crippen LogP contribution in [0.5, 0.6) is 0 Å². The van der Waals surface area contributed by atoms with Crippen molar-refractivity contribution in [3.63, 3.8) is 0 Å². The zero-order valence-corrected chi connectivity index (χ0v) is 16.0. The highest BCUT2D eigenvalue weighted by Crippen LogP contribution is 2.31. The van der Waals surface area contributed by atoms with Crippen LogP contribution in [0.1, 0.15) is 33.2 Å². The molecule has 0 saturated heterocycles. The highest BCUT2D eigenvalue weighted by atomic mass is 32.2. The molecule has 0 fully saturated rings. The van der Waals surface area contributed by atoms with E-state index in [1.165, 1.54) is 11.8 Å². The second-order valence-corrected chi connectivity index (χ2v) is 8.05. The number of hydrogen-bond donors (Lipinski definition) is 1. The van der Waals surface area contributed by atoms with Gasteiger partial charge in [0.05, 0.1) is 23.6 Å². The van der Waals surface area contributed by atoms with Gasteiger partial charge >= 0.3 is 0 Å². The predicted molar refractivity (Wildman–Crippen MR) is 99.5 cm³/mol. The second kappa shape index (κ2) is 9.44. The lowest BCUT2D eigenvalue weighted by atomic mass is 10.3. The maximum atomic E-state index is 12.3. The van der Waals surface area contributed by atoms with E-state index in [4.69, 9.17) is 5.26 Å². The molecule has 2 rings (SSSR count). The Labute approximate surface area is 155 Å². The number of anilines is 1. The van der Waals surface area contributed by atoms with Crippen molar-refractivity contribution in [2.75, 3.05) is 11.1 Å². The Bertz CT molecular complexity index is 755. The minimum Gasteiger partial charge on any atom is -0.324 e. The average molecular weight is 377 g/mol. The number of amides is 1. The van der Waals surface area contributed by atoms with Crippen molar-refractivity contribution >= 4 is 35.1 Å². The number of nitrogens with one attached hydrogen (secondary N) is 1. The van der Waals surface area contributed by atoms with Crippen LogP contribution < -0.4 is 5.32 Å². The van der Waals surface area contributed by atoms with Crippen molar-refractivity contribution < 1.29 is 4.79 Å². The molecule has 132 valence electrons. The SMILES string of the molecule is CC(CC#N)Sc1ccccc1NC(=O)CSc1nnnn1C(C)C. The molecule has 0 radical (unpaired) electrons. The van der Waals surface area contributed by atoms with Crippen molar-refractivity contribution in [1.29, 1.82) is 5.26 Å². The molecule has 0 aliphatic rings. The van der Waals surface area contributed by atoms with Crippen molar-refractivity contribution in [1.82, 2.24) is 20.2 Å². The van der Waals surface area contributed by atoms with E-state index in [1.807, 2.05) is 45.0 Å². The topological polar surface area (TPSA) is 96.5 Å². The molecular weight excluding hydrogens is 356 g/mol. The number of carbonyl (C=O) groups is 1. The molecule has 1 aromatic carbocycles. The number of para-hydroxylation sites is 1. The van der Waals surface area contributed by atoms with Gasteiger partial charge in [0.2, 0.25) is 11.1 Å². The van der Waals surface area contributed by atoms with E-state index in [-0.39, 0.29) is 23.0 Å². The summed E-state index contributed by atoms with van der Waals surface area (Å²) in [7, 11) is 0. The lowest BCUT2D eigenvalue weighted by Gasteiger charge is -2.13. The van der Waals surface area contributed by atoms with E-state index < -0.39 is 0 Å². The van der Waals surface area contributed by atoms with Gasteiger partial charge in [-0.3, -0.25) is 4.79 Å². The van der Waals surface area contributed by atoms with E-state index in [0.29, 0.717) is 11.6 Å². The van der Waals surface area contributed by atoms with Crippen LogP contribution in [0.3, 0.4) is 0 Å². The van der Waals surface area contributed by atoms with Crippen LogP contribution in [0.4, 0.5) is 5.69 Å². The molecule has 0 aliphatic heterocycles. The van der Waals surface area contributed by atoms with Gasteiger partial charge in [-0.25, -0.2) is 4.68 Å². The maximum absolute atomic E-state index is 12.3. The van der Waals surface area contributed by atoms with Gasteiger partial charge in [-0.05, 0) is 36.4 Å². The van der Waals surface area contributed by atoms with Crippen LogP contribution in [0.25, 0.3) is 0 Å². The minimum atomic E-state index is -0.121. The van der Waals surface area contributed by atoms with Gasteiger partial charge in [-0.1, -0.05) is 30.8 Å². The van der Waals surface area contributed by atoms with Crippen molar-refractivity contribution in [2.24, 2.45) is 0 Å². The lowest BCUT2D eigenvalue weighted by Crippen LogP contribution is -2.15. The highest BCUT2D eigenvalue weighted by Gasteiger charge is 2.14. The number of nitriles is 1. The summed E-state index contributed by atoms with van der Waals surface area (Å²) < 4.78 is 1.69. The third kappa shape index (κ3) is 5.76. The highest BCUT2D eigenvalue weighted by molar-refractivity contribution is 8.00.